The van der Waals surface area contributed by atoms with E-state index in [0.717, 1.165) is 0 Å². The summed E-state index contributed by atoms with van der Waals surface area (Å²) in [5, 5.41) is 11.3. The fraction of sp³-hybridized carbons (Fsp3) is 0.312. The third-order valence-corrected chi connectivity index (χ3v) is 3.25. The van der Waals surface area contributed by atoms with E-state index in [4.69, 9.17) is 18.9 Å². The average molecular weight is 306 g/mol. The summed E-state index contributed by atoms with van der Waals surface area (Å²) in [6.45, 7) is 1.97. The van der Waals surface area contributed by atoms with Gasteiger partial charge in [0.05, 0.1) is 38.9 Å². The lowest BCUT2D eigenvalue weighted by atomic mass is 10.0. The van der Waals surface area contributed by atoms with Crippen molar-refractivity contribution in [3.63, 3.8) is 0 Å². The molecule has 2 aromatic carbocycles. The van der Waals surface area contributed by atoms with E-state index in [0.29, 0.717) is 28.0 Å². The molecule has 0 aliphatic carbocycles. The molecule has 0 saturated carbocycles. The normalized spacial score (nSPS) is 10.4. The minimum absolute atomic E-state index is 0.116. The molecule has 2 rings (SSSR count). The first-order valence-corrected chi connectivity index (χ1v) is 6.70. The standard InChI is InChI=1S/C16H18O6/c1-5-22-16(18)9-6-10-12(19-2)8-13(20-3)15(21-4)14(10)11(17)7-9/h6-8,17H,5H2,1-4H3. The van der Waals surface area contributed by atoms with Crippen LogP contribution < -0.4 is 14.2 Å². The van der Waals surface area contributed by atoms with Crippen LogP contribution in [0.15, 0.2) is 18.2 Å². The van der Waals surface area contributed by atoms with Crippen LogP contribution in [0.4, 0.5) is 0 Å². The zero-order chi connectivity index (χ0) is 16.3. The molecule has 0 heterocycles. The number of aromatic hydroxyl groups is 1. The van der Waals surface area contributed by atoms with Gasteiger partial charge < -0.3 is 24.1 Å². The fourth-order valence-electron chi connectivity index (χ4n) is 2.30. The minimum atomic E-state index is -0.517. The largest absolute Gasteiger partial charge is 0.507 e. The summed E-state index contributed by atoms with van der Waals surface area (Å²) in [5.41, 5.74) is 0.234. The number of esters is 1. The summed E-state index contributed by atoms with van der Waals surface area (Å²) < 4.78 is 20.9. The monoisotopic (exact) mass is 306 g/mol. The zero-order valence-corrected chi connectivity index (χ0v) is 12.9. The maximum Gasteiger partial charge on any atom is 0.338 e. The van der Waals surface area contributed by atoms with E-state index in [2.05, 4.69) is 0 Å². The van der Waals surface area contributed by atoms with Gasteiger partial charge in [-0.2, -0.15) is 0 Å². The summed E-state index contributed by atoms with van der Waals surface area (Å²) in [6.07, 6.45) is 0. The van der Waals surface area contributed by atoms with Crippen molar-refractivity contribution in [1.29, 1.82) is 0 Å². The SMILES string of the molecule is CCOC(=O)c1cc(O)c2c(OC)c(OC)cc(OC)c2c1. The first-order valence-electron chi connectivity index (χ1n) is 6.70. The third-order valence-electron chi connectivity index (χ3n) is 3.25. The van der Waals surface area contributed by atoms with Crippen LogP contribution in [0.3, 0.4) is 0 Å². The minimum Gasteiger partial charge on any atom is -0.507 e. The molecule has 0 atom stereocenters. The van der Waals surface area contributed by atoms with Crippen molar-refractivity contribution in [3.05, 3.63) is 23.8 Å². The van der Waals surface area contributed by atoms with E-state index >= 15 is 0 Å². The summed E-state index contributed by atoms with van der Waals surface area (Å²) in [4.78, 5) is 11.9. The molecule has 0 unspecified atom stereocenters. The van der Waals surface area contributed by atoms with Crippen LogP contribution in [0.25, 0.3) is 10.8 Å². The van der Waals surface area contributed by atoms with Crippen molar-refractivity contribution in [2.45, 2.75) is 6.92 Å². The van der Waals surface area contributed by atoms with Crippen LogP contribution in [-0.4, -0.2) is 39.0 Å². The Hall–Kier alpha value is -2.63. The predicted octanol–water partition coefficient (Wildman–Crippen LogP) is 2.75. The summed E-state index contributed by atoms with van der Waals surface area (Å²) in [6, 6.07) is 4.56. The highest BCUT2D eigenvalue weighted by Gasteiger charge is 2.20. The summed E-state index contributed by atoms with van der Waals surface area (Å²) in [7, 11) is 4.46. The Labute approximate surface area is 128 Å². The van der Waals surface area contributed by atoms with Gasteiger partial charge in [-0.3, -0.25) is 0 Å². The number of rotatable bonds is 5. The Balaban J connectivity index is 2.80. The van der Waals surface area contributed by atoms with Gasteiger partial charge in [-0.1, -0.05) is 0 Å². The topological polar surface area (TPSA) is 74.2 Å². The van der Waals surface area contributed by atoms with Crippen LogP contribution >= 0.6 is 0 Å². The molecule has 0 radical (unpaired) electrons. The Kier molecular flexibility index (Phi) is 4.60. The molecule has 118 valence electrons. The number of hydrogen-bond acceptors (Lipinski definition) is 6. The first kappa shape index (κ1) is 15.8. The van der Waals surface area contributed by atoms with E-state index in [-0.39, 0.29) is 17.9 Å². The molecule has 0 aliphatic heterocycles. The van der Waals surface area contributed by atoms with E-state index in [1.165, 1.54) is 27.4 Å². The maximum absolute atomic E-state index is 11.9. The molecule has 6 heteroatoms. The average Bonchev–Trinajstić information content (AvgIpc) is 2.53. The molecule has 0 fully saturated rings. The van der Waals surface area contributed by atoms with Crippen LogP contribution in [-0.2, 0) is 4.74 Å². The van der Waals surface area contributed by atoms with Crippen LogP contribution in [0, 0.1) is 0 Å². The highest BCUT2D eigenvalue weighted by molar-refractivity contribution is 6.04. The highest BCUT2D eigenvalue weighted by atomic mass is 16.5. The van der Waals surface area contributed by atoms with E-state index in [9.17, 15) is 9.90 Å². The lowest BCUT2D eigenvalue weighted by Crippen LogP contribution is -2.05. The van der Waals surface area contributed by atoms with Gasteiger partial charge in [-0.25, -0.2) is 4.79 Å². The van der Waals surface area contributed by atoms with E-state index in [1.54, 1.807) is 19.1 Å². The molecule has 0 bridgehead atoms. The van der Waals surface area contributed by atoms with Crippen molar-refractivity contribution < 1.29 is 28.8 Å². The Bertz CT molecular complexity index is 708. The Morgan fingerprint density at radius 2 is 1.73 bits per heavy atom. The molecule has 0 aliphatic rings. The second kappa shape index (κ2) is 6.43. The molecule has 0 amide bonds. The molecule has 1 N–H and O–H groups in total. The van der Waals surface area contributed by atoms with Crippen LogP contribution in [0.2, 0.25) is 0 Å². The van der Waals surface area contributed by atoms with Gasteiger partial charge in [0.1, 0.15) is 11.5 Å². The quantitative estimate of drug-likeness (QED) is 0.856. The van der Waals surface area contributed by atoms with Crippen molar-refractivity contribution in [2.75, 3.05) is 27.9 Å². The number of carbonyl (C=O) groups is 1. The van der Waals surface area contributed by atoms with Gasteiger partial charge in [0.15, 0.2) is 11.5 Å². The van der Waals surface area contributed by atoms with Crippen molar-refractivity contribution in [1.82, 2.24) is 0 Å². The molecule has 2 aromatic rings. The first-order chi connectivity index (χ1) is 10.6. The number of ether oxygens (including phenoxy) is 4. The number of fused-ring (bicyclic) bond motifs is 1. The Morgan fingerprint density at radius 1 is 1.05 bits per heavy atom. The van der Waals surface area contributed by atoms with E-state index in [1.807, 2.05) is 0 Å². The van der Waals surface area contributed by atoms with Crippen LogP contribution in [0.1, 0.15) is 17.3 Å². The number of phenols is 1. The molecule has 0 spiro atoms. The van der Waals surface area contributed by atoms with Crippen molar-refractivity contribution in [3.8, 4) is 23.0 Å². The maximum atomic E-state index is 11.9. The molecule has 0 aromatic heterocycles. The third kappa shape index (κ3) is 2.59. The van der Waals surface area contributed by atoms with Gasteiger partial charge in [-0.15, -0.1) is 0 Å². The molecule has 0 saturated heterocycles. The van der Waals surface area contributed by atoms with Gasteiger partial charge >= 0.3 is 5.97 Å². The predicted molar refractivity (Wildman–Crippen MR) is 81.2 cm³/mol. The molecular weight excluding hydrogens is 288 g/mol. The van der Waals surface area contributed by atoms with Gasteiger partial charge in [0.25, 0.3) is 0 Å². The summed E-state index contributed by atoms with van der Waals surface area (Å²) >= 11 is 0. The highest BCUT2D eigenvalue weighted by Crippen LogP contribution is 2.45. The fourth-order valence-corrected chi connectivity index (χ4v) is 2.30. The number of methoxy groups -OCH3 is 3. The van der Waals surface area contributed by atoms with Gasteiger partial charge in [0, 0.05) is 11.5 Å². The lowest BCUT2D eigenvalue weighted by Gasteiger charge is -2.16. The van der Waals surface area contributed by atoms with Crippen molar-refractivity contribution >= 4 is 16.7 Å². The van der Waals surface area contributed by atoms with Crippen LogP contribution in [0.5, 0.6) is 23.0 Å². The lowest BCUT2D eigenvalue weighted by molar-refractivity contribution is 0.0526. The molecule has 6 nitrogen and oxygen atoms in total. The second-order valence-corrected chi connectivity index (χ2v) is 4.45. The van der Waals surface area contributed by atoms with Gasteiger partial charge in [0.2, 0.25) is 0 Å². The van der Waals surface area contributed by atoms with E-state index < -0.39 is 5.97 Å². The Morgan fingerprint density at radius 3 is 2.27 bits per heavy atom. The molecular formula is C16H18O6. The van der Waals surface area contributed by atoms with Crippen molar-refractivity contribution in [2.24, 2.45) is 0 Å². The number of hydrogen-bond donors (Lipinski definition) is 1. The summed E-state index contributed by atoms with van der Waals surface area (Å²) in [5.74, 6) is 0.609. The smallest absolute Gasteiger partial charge is 0.338 e. The number of carbonyl (C=O) groups excluding carboxylic acids is 1. The number of benzene rings is 2. The molecule has 22 heavy (non-hydrogen) atoms. The second-order valence-electron chi connectivity index (χ2n) is 4.45. The van der Waals surface area contributed by atoms with Gasteiger partial charge in [-0.05, 0) is 19.1 Å². The zero-order valence-electron chi connectivity index (χ0n) is 12.9. The number of phenolic OH excluding ortho intramolecular Hbond substituents is 1.